The molecule has 0 radical (unpaired) electrons. The predicted octanol–water partition coefficient (Wildman–Crippen LogP) is 3.85. The maximum atomic E-state index is 12.6. The molecule has 3 aromatic rings. The van der Waals surface area contributed by atoms with Gasteiger partial charge in [0.2, 0.25) is 5.78 Å². The van der Waals surface area contributed by atoms with Gasteiger partial charge in [-0.25, -0.2) is 4.99 Å². The smallest absolute Gasteiger partial charge is 0.214 e. The molecular formula is C17H11ClN2O3. The molecule has 0 saturated carbocycles. The summed E-state index contributed by atoms with van der Waals surface area (Å²) >= 11 is 6.18. The number of H-pyrrole nitrogens is 1. The van der Waals surface area contributed by atoms with Gasteiger partial charge in [0.15, 0.2) is 5.88 Å². The zero-order valence-corrected chi connectivity index (χ0v) is 12.8. The zero-order valence-electron chi connectivity index (χ0n) is 12.1. The van der Waals surface area contributed by atoms with Crippen molar-refractivity contribution < 1.29 is 14.6 Å². The average Bonchev–Trinajstić information content (AvgIpc) is 3.06. The second-order valence-corrected chi connectivity index (χ2v) is 5.56. The van der Waals surface area contributed by atoms with Crippen LogP contribution in [-0.4, -0.2) is 28.7 Å². The first-order chi connectivity index (χ1) is 11.1. The molecule has 0 fully saturated rings. The van der Waals surface area contributed by atoms with E-state index in [2.05, 4.69) is 9.98 Å². The normalized spacial score (nSPS) is 13.3. The number of carbonyl (C=O) groups is 1. The van der Waals surface area contributed by atoms with E-state index in [1.54, 1.807) is 30.3 Å². The highest BCUT2D eigenvalue weighted by Crippen LogP contribution is 2.41. The van der Waals surface area contributed by atoms with Gasteiger partial charge in [-0.15, -0.1) is 0 Å². The number of benzene rings is 2. The van der Waals surface area contributed by atoms with Gasteiger partial charge in [0, 0.05) is 5.56 Å². The first kappa shape index (κ1) is 13.8. The number of nitrogens with zero attached hydrogens (tertiary/aromatic N) is 1. The Labute approximate surface area is 136 Å². The quantitative estimate of drug-likeness (QED) is 0.751. The molecular weight excluding hydrogens is 316 g/mol. The molecule has 1 aromatic heterocycles. The van der Waals surface area contributed by atoms with Crippen molar-refractivity contribution in [3.8, 4) is 11.6 Å². The molecule has 0 unspecified atom stereocenters. The first-order valence-corrected chi connectivity index (χ1v) is 7.29. The number of halogens is 1. The Morgan fingerprint density at radius 2 is 2.00 bits per heavy atom. The number of aromatic hydroxyl groups is 1. The minimum absolute atomic E-state index is 0.161. The summed E-state index contributed by atoms with van der Waals surface area (Å²) in [7, 11) is 1.52. The lowest BCUT2D eigenvalue weighted by Gasteiger charge is -2.05. The van der Waals surface area contributed by atoms with Crippen LogP contribution in [0.25, 0.3) is 10.9 Å². The lowest BCUT2D eigenvalue weighted by Crippen LogP contribution is -2.11. The number of ether oxygens (including phenoxy) is 1. The van der Waals surface area contributed by atoms with Crippen LogP contribution in [0, 0.1) is 0 Å². The Kier molecular flexibility index (Phi) is 2.92. The largest absolute Gasteiger partial charge is 0.496 e. The molecule has 5 nitrogen and oxygen atoms in total. The van der Waals surface area contributed by atoms with Crippen molar-refractivity contribution in [1.29, 1.82) is 0 Å². The van der Waals surface area contributed by atoms with Crippen LogP contribution in [0.5, 0.6) is 11.6 Å². The third kappa shape index (κ3) is 1.87. The molecule has 1 aliphatic heterocycles. The fraction of sp³-hybridized carbons (Fsp3) is 0.0588. The minimum atomic E-state index is -0.237. The van der Waals surface area contributed by atoms with E-state index in [9.17, 15) is 9.90 Å². The molecule has 0 aliphatic carbocycles. The third-order valence-electron chi connectivity index (χ3n) is 3.90. The number of hydrogen-bond acceptors (Lipinski definition) is 4. The average molecular weight is 327 g/mol. The summed E-state index contributed by atoms with van der Waals surface area (Å²) in [4.78, 5) is 19.8. The van der Waals surface area contributed by atoms with Crippen molar-refractivity contribution in [2.45, 2.75) is 0 Å². The fourth-order valence-electron chi connectivity index (χ4n) is 2.86. The molecule has 0 spiro atoms. The van der Waals surface area contributed by atoms with Gasteiger partial charge in [0.05, 0.1) is 34.3 Å². The fourth-order valence-corrected chi connectivity index (χ4v) is 3.06. The van der Waals surface area contributed by atoms with Crippen LogP contribution in [-0.2, 0) is 0 Å². The lowest BCUT2D eigenvalue weighted by atomic mass is 10.0. The molecule has 2 aromatic carbocycles. The topological polar surface area (TPSA) is 74.7 Å². The highest BCUT2D eigenvalue weighted by Gasteiger charge is 2.31. The van der Waals surface area contributed by atoms with Gasteiger partial charge in [0.25, 0.3) is 0 Å². The molecule has 2 N–H and O–H groups in total. The van der Waals surface area contributed by atoms with Crippen molar-refractivity contribution in [1.82, 2.24) is 4.98 Å². The van der Waals surface area contributed by atoms with E-state index in [4.69, 9.17) is 16.3 Å². The number of hydrogen-bond donors (Lipinski definition) is 2. The Morgan fingerprint density at radius 3 is 2.74 bits per heavy atom. The van der Waals surface area contributed by atoms with E-state index in [-0.39, 0.29) is 17.4 Å². The number of rotatable bonds is 2. The Morgan fingerprint density at radius 1 is 1.22 bits per heavy atom. The molecule has 114 valence electrons. The van der Waals surface area contributed by atoms with E-state index in [1.165, 1.54) is 7.11 Å². The van der Waals surface area contributed by atoms with Crippen molar-refractivity contribution >= 4 is 39.7 Å². The Bertz CT molecular complexity index is 1000. The Hall–Kier alpha value is -2.79. The monoisotopic (exact) mass is 326 g/mol. The summed E-state index contributed by atoms with van der Waals surface area (Å²) in [6, 6.07) is 10.4. The number of methoxy groups -OCH3 is 1. The number of carbonyl (C=O) groups excluding carboxylic acids is 1. The summed E-state index contributed by atoms with van der Waals surface area (Å²) in [6.45, 7) is 0. The van der Waals surface area contributed by atoms with Gasteiger partial charge in [0.1, 0.15) is 11.5 Å². The van der Waals surface area contributed by atoms with Crippen LogP contribution in [0.1, 0.15) is 15.9 Å². The van der Waals surface area contributed by atoms with Crippen LogP contribution in [0.15, 0.2) is 41.4 Å². The summed E-state index contributed by atoms with van der Waals surface area (Å²) in [6.07, 6.45) is 0. The van der Waals surface area contributed by atoms with E-state index in [1.807, 2.05) is 6.07 Å². The number of aromatic nitrogens is 1. The molecule has 0 saturated heterocycles. The second-order valence-electron chi connectivity index (χ2n) is 5.15. The van der Waals surface area contributed by atoms with E-state index in [0.717, 1.165) is 0 Å². The van der Waals surface area contributed by atoms with Crippen LogP contribution < -0.4 is 4.74 Å². The van der Waals surface area contributed by atoms with Crippen molar-refractivity contribution in [3.05, 3.63) is 52.5 Å². The molecule has 0 amide bonds. The zero-order chi connectivity index (χ0) is 16.1. The van der Waals surface area contributed by atoms with Crippen molar-refractivity contribution in [3.63, 3.8) is 0 Å². The van der Waals surface area contributed by atoms with Gasteiger partial charge in [-0.05, 0) is 24.3 Å². The van der Waals surface area contributed by atoms with Gasteiger partial charge >= 0.3 is 0 Å². The van der Waals surface area contributed by atoms with Gasteiger partial charge in [-0.3, -0.25) is 4.79 Å². The van der Waals surface area contributed by atoms with Gasteiger partial charge in [-0.1, -0.05) is 23.7 Å². The summed E-state index contributed by atoms with van der Waals surface area (Å²) in [5.41, 5.74) is 2.08. The van der Waals surface area contributed by atoms with Crippen LogP contribution >= 0.6 is 11.6 Å². The highest BCUT2D eigenvalue weighted by atomic mass is 35.5. The van der Waals surface area contributed by atoms with Crippen molar-refractivity contribution in [2.75, 3.05) is 7.11 Å². The molecule has 0 atom stereocenters. The standard InChI is InChI=1S/C17H11ClN2O3/c1-23-11-7-6-9(18)14-12(11)13(17(22)20-14)15-16(21)8-4-2-3-5-10(8)19-15/h2-7,20,22H,1H3. The van der Waals surface area contributed by atoms with Crippen LogP contribution in [0.3, 0.4) is 0 Å². The number of aromatic amines is 1. The van der Waals surface area contributed by atoms with E-state index in [0.29, 0.717) is 38.5 Å². The van der Waals surface area contributed by atoms with E-state index < -0.39 is 0 Å². The Balaban J connectivity index is 2.03. The van der Waals surface area contributed by atoms with Gasteiger partial charge in [-0.2, -0.15) is 0 Å². The van der Waals surface area contributed by atoms with Crippen LogP contribution in [0.4, 0.5) is 5.69 Å². The molecule has 23 heavy (non-hydrogen) atoms. The number of ketones is 1. The SMILES string of the molecule is COc1ccc(Cl)c2[nH]c(O)c(C3=Nc4ccccc4C3=O)c12. The molecule has 4 rings (SSSR count). The number of nitrogens with one attached hydrogen (secondary N) is 1. The third-order valence-corrected chi connectivity index (χ3v) is 4.21. The number of aliphatic imine (C=N–C) groups is 1. The molecule has 0 bridgehead atoms. The number of para-hydroxylation sites is 1. The maximum absolute atomic E-state index is 12.6. The van der Waals surface area contributed by atoms with Crippen molar-refractivity contribution in [2.24, 2.45) is 4.99 Å². The van der Waals surface area contributed by atoms with Gasteiger partial charge < -0.3 is 14.8 Å². The molecule has 6 heteroatoms. The summed E-state index contributed by atoms with van der Waals surface area (Å²) in [5.74, 6) is 0.104. The lowest BCUT2D eigenvalue weighted by molar-refractivity contribution is 0.107. The number of fused-ring (bicyclic) bond motifs is 2. The van der Waals surface area contributed by atoms with E-state index >= 15 is 0 Å². The number of Topliss-reactive ketones (excluding diaryl/α,β-unsaturated/α-hetero) is 1. The highest BCUT2D eigenvalue weighted by molar-refractivity contribution is 6.57. The summed E-state index contributed by atoms with van der Waals surface area (Å²) in [5, 5.41) is 11.3. The minimum Gasteiger partial charge on any atom is -0.496 e. The molecule has 2 heterocycles. The van der Waals surface area contributed by atoms with Crippen LogP contribution in [0.2, 0.25) is 5.02 Å². The predicted molar refractivity (Wildman–Crippen MR) is 88.5 cm³/mol. The first-order valence-electron chi connectivity index (χ1n) is 6.91. The maximum Gasteiger partial charge on any atom is 0.214 e. The molecule has 1 aliphatic rings. The second kappa shape index (κ2) is 4.86. The summed E-state index contributed by atoms with van der Waals surface area (Å²) < 4.78 is 5.35.